The Balaban J connectivity index is 4.66. The van der Waals surface area contributed by atoms with E-state index in [9.17, 15) is 19.8 Å². The van der Waals surface area contributed by atoms with Gasteiger partial charge in [0.1, 0.15) is 6.10 Å². The van der Waals surface area contributed by atoms with E-state index in [1.807, 2.05) is 0 Å². The maximum absolute atomic E-state index is 13.2. The van der Waals surface area contributed by atoms with Crippen molar-refractivity contribution >= 4 is 11.9 Å². The first kappa shape index (κ1) is 57.6. The fourth-order valence-corrected chi connectivity index (χ4v) is 7.42. The van der Waals surface area contributed by atoms with Gasteiger partial charge in [-0.05, 0) is 83.5 Å². The van der Waals surface area contributed by atoms with E-state index in [0.717, 1.165) is 83.5 Å². The third kappa shape index (κ3) is 42.3. The lowest BCUT2D eigenvalue weighted by Crippen LogP contribution is -2.46. The van der Waals surface area contributed by atoms with Gasteiger partial charge in [-0.1, -0.05) is 210 Å². The van der Waals surface area contributed by atoms with Crippen LogP contribution >= 0.6 is 0 Å². The molecule has 0 bridgehead atoms. The molecule has 3 unspecified atom stereocenters. The van der Waals surface area contributed by atoms with E-state index < -0.39 is 18.2 Å². The van der Waals surface area contributed by atoms with Gasteiger partial charge < -0.3 is 20.3 Å². The predicted molar refractivity (Wildman–Crippen MR) is 259 cm³/mol. The van der Waals surface area contributed by atoms with Crippen molar-refractivity contribution in [2.24, 2.45) is 0 Å². The van der Waals surface area contributed by atoms with Gasteiger partial charge in [0.25, 0.3) is 0 Å². The van der Waals surface area contributed by atoms with E-state index in [1.54, 1.807) is 0 Å². The van der Waals surface area contributed by atoms with Crippen molar-refractivity contribution in [2.45, 2.75) is 264 Å². The maximum atomic E-state index is 13.2. The van der Waals surface area contributed by atoms with Crippen molar-refractivity contribution in [3.63, 3.8) is 0 Å². The number of carbonyl (C=O) groups excluding carboxylic acids is 2. The van der Waals surface area contributed by atoms with Crippen LogP contribution in [0.1, 0.15) is 245 Å². The van der Waals surface area contributed by atoms with Gasteiger partial charge >= 0.3 is 5.97 Å². The molecule has 6 heteroatoms. The van der Waals surface area contributed by atoms with Gasteiger partial charge in [0.2, 0.25) is 5.91 Å². The molecule has 1 amide bonds. The van der Waals surface area contributed by atoms with Crippen molar-refractivity contribution in [3.05, 3.63) is 60.8 Å². The molecule has 0 saturated heterocycles. The smallest absolute Gasteiger partial charge is 0.306 e. The van der Waals surface area contributed by atoms with Crippen LogP contribution < -0.4 is 5.32 Å². The number of aliphatic hydroxyl groups is 2. The lowest BCUT2D eigenvalue weighted by atomic mass is 10.0. The summed E-state index contributed by atoms with van der Waals surface area (Å²) in [6.07, 6.45) is 58.5. The van der Waals surface area contributed by atoms with Crippen molar-refractivity contribution in [1.82, 2.24) is 5.32 Å². The zero-order valence-electron chi connectivity index (χ0n) is 39.6. The third-order valence-electron chi connectivity index (χ3n) is 11.3. The SMILES string of the molecule is CCC/C=C\CCCCCCCC(=O)OC(CCC/C=C\C/C=C\C/C=C\C/C=C\CCCCC)CC(=O)NC(CO)C(O)CCCCCCCCCCCCCCCC. The van der Waals surface area contributed by atoms with E-state index in [4.69, 9.17) is 4.74 Å². The molecule has 0 aliphatic heterocycles. The number of rotatable bonds is 45. The Bertz CT molecular complexity index is 1080. The first-order valence-electron chi connectivity index (χ1n) is 25.5. The van der Waals surface area contributed by atoms with Crippen LogP contribution in [0.4, 0.5) is 0 Å². The standard InChI is InChI=1S/C54H97NO5/c1-4-7-10-13-16-19-22-24-26-27-28-29-31-33-36-39-42-45-50(60-54(59)47-44-41-38-35-21-18-15-12-9-6-3)48-53(58)55-51(49-56)52(57)46-43-40-37-34-32-30-25-23-20-17-14-11-8-5-2/h12,15-16,19,24,26,28-29,33,36,50-52,56-57H,4-11,13-14,17-18,20-23,25,27,30-32,34-35,37-49H2,1-3H3,(H,55,58)/b15-12-,19-16-,26-24-,29-28-,36-33-. The maximum Gasteiger partial charge on any atom is 0.306 e. The van der Waals surface area contributed by atoms with Crippen LogP contribution in [0, 0.1) is 0 Å². The molecule has 0 aliphatic carbocycles. The molecule has 0 aromatic rings. The molecule has 0 aliphatic rings. The molecule has 0 rings (SSSR count). The lowest BCUT2D eigenvalue weighted by molar-refractivity contribution is -0.151. The van der Waals surface area contributed by atoms with Gasteiger partial charge in [0, 0.05) is 6.42 Å². The summed E-state index contributed by atoms with van der Waals surface area (Å²) in [7, 11) is 0. The van der Waals surface area contributed by atoms with Gasteiger partial charge in [-0.25, -0.2) is 0 Å². The van der Waals surface area contributed by atoms with Crippen LogP contribution in [0.5, 0.6) is 0 Å². The highest BCUT2D eigenvalue weighted by Gasteiger charge is 2.24. The van der Waals surface area contributed by atoms with Gasteiger partial charge in [0.05, 0.1) is 25.2 Å². The van der Waals surface area contributed by atoms with E-state index in [2.05, 4.69) is 86.8 Å². The zero-order valence-corrected chi connectivity index (χ0v) is 39.6. The molecule has 6 nitrogen and oxygen atoms in total. The number of esters is 1. The van der Waals surface area contributed by atoms with Gasteiger partial charge in [-0.3, -0.25) is 9.59 Å². The normalized spacial score (nSPS) is 13.8. The Morgan fingerprint density at radius 3 is 1.43 bits per heavy atom. The van der Waals surface area contributed by atoms with Crippen LogP contribution in [0.15, 0.2) is 60.8 Å². The number of nitrogens with one attached hydrogen (secondary N) is 1. The minimum atomic E-state index is -0.804. The number of hydrogen-bond donors (Lipinski definition) is 3. The van der Waals surface area contributed by atoms with Gasteiger partial charge in [-0.2, -0.15) is 0 Å². The molecule has 60 heavy (non-hydrogen) atoms. The third-order valence-corrected chi connectivity index (χ3v) is 11.3. The molecule has 0 fully saturated rings. The van der Waals surface area contributed by atoms with Crippen LogP contribution in [-0.2, 0) is 14.3 Å². The molecular weight excluding hydrogens is 743 g/mol. The van der Waals surface area contributed by atoms with Crippen molar-refractivity contribution in [1.29, 1.82) is 0 Å². The quantitative estimate of drug-likeness (QED) is 0.0322. The number of ether oxygens (including phenoxy) is 1. The molecule has 0 aromatic carbocycles. The molecule has 3 N–H and O–H groups in total. The second-order valence-corrected chi connectivity index (χ2v) is 17.2. The first-order chi connectivity index (χ1) is 29.5. The van der Waals surface area contributed by atoms with E-state index in [0.29, 0.717) is 19.3 Å². The van der Waals surface area contributed by atoms with Gasteiger partial charge in [-0.15, -0.1) is 0 Å². The Hall–Kier alpha value is -2.44. The van der Waals surface area contributed by atoms with Crippen LogP contribution in [-0.4, -0.2) is 46.9 Å². The number of allylic oxidation sites excluding steroid dienone is 10. The van der Waals surface area contributed by atoms with E-state index in [-0.39, 0.29) is 24.9 Å². The summed E-state index contributed by atoms with van der Waals surface area (Å²) in [5, 5.41) is 23.7. The average molecular weight is 840 g/mol. The Labute approximate surface area is 371 Å². The summed E-state index contributed by atoms with van der Waals surface area (Å²) in [4.78, 5) is 26.1. The van der Waals surface area contributed by atoms with Crippen LogP contribution in [0.2, 0.25) is 0 Å². The van der Waals surface area contributed by atoms with Crippen molar-refractivity contribution in [2.75, 3.05) is 6.61 Å². The Morgan fingerprint density at radius 1 is 0.483 bits per heavy atom. The molecule has 0 heterocycles. The van der Waals surface area contributed by atoms with Crippen LogP contribution in [0.25, 0.3) is 0 Å². The van der Waals surface area contributed by atoms with Crippen molar-refractivity contribution in [3.8, 4) is 0 Å². The summed E-state index contributed by atoms with van der Waals surface area (Å²) < 4.78 is 5.89. The summed E-state index contributed by atoms with van der Waals surface area (Å²) in [5.41, 5.74) is 0. The molecule has 0 saturated carbocycles. The first-order valence-corrected chi connectivity index (χ1v) is 25.5. The minimum Gasteiger partial charge on any atom is -0.462 e. The molecule has 3 atom stereocenters. The number of unbranched alkanes of at least 4 members (excludes halogenated alkanes) is 23. The monoisotopic (exact) mass is 840 g/mol. The molecule has 0 spiro atoms. The molecular formula is C54H97NO5. The summed E-state index contributed by atoms with van der Waals surface area (Å²) >= 11 is 0. The molecule has 348 valence electrons. The number of carbonyl (C=O) groups is 2. The largest absolute Gasteiger partial charge is 0.462 e. The van der Waals surface area contributed by atoms with E-state index in [1.165, 1.54) is 116 Å². The highest BCUT2D eigenvalue weighted by molar-refractivity contribution is 5.77. The van der Waals surface area contributed by atoms with Crippen molar-refractivity contribution < 1.29 is 24.5 Å². The molecule has 0 radical (unpaired) electrons. The second kappa shape index (κ2) is 47.6. The average Bonchev–Trinajstić information content (AvgIpc) is 3.24. The second-order valence-electron chi connectivity index (χ2n) is 17.2. The Kier molecular flexibility index (Phi) is 45.7. The summed E-state index contributed by atoms with van der Waals surface area (Å²) in [5.74, 6) is -0.540. The fourth-order valence-electron chi connectivity index (χ4n) is 7.42. The topological polar surface area (TPSA) is 95.9 Å². The zero-order chi connectivity index (χ0) is 43.8. The van der Waals surface area contributed by atoms with Gasteiger partial charge in [0.15, 0.2) is 0 Å². The summed E-state index contributed by atoms with van der Waals surface area (Å²) in [6.45, 7) is 6.38. The Morgan fingerprint density at radius 2 is 0.900 bits per heavy atom. The van der Waals surface area contributed by atoms with E-state index >= 15 is 0 Å². The molecule has 0 aromatic heterocycles. The fraction of sp³-hybridized carbons (Fsp3) is 0.778. The lowest BCUT2D eigenvalue weighted by Gasteiger charge is -2.24. The number of amides is 1. The van der Waals surface area contributed by atoms with Crippen LogP contribution in [0.3, 0.4) is 0 Å². The summed E-state index contributed by atoms with van der Waals surface area (Å²) in [6, 6.07) is -0.721. The predicted octanol–water partition coefficient (Wildman–Crippen LogP) is 15.2. The highest BCUT2D eigenvalue weighted by atomic mass is 16.5. The minimum absolute atomic E-state index is 0.0357. The highest BCUT2D eigenvalue weighted by Crippen LogP contribution is 2.17. The number of hydrogen-bond acceptors (Lipinski definition) is 5. The number of aliphatic hydroxyl groups excluding tert-OH is 2.